The zero-order valence-electron chi connectivity index (χ0n) is 14.6. The minimum atomic E-state index is -0.262. The predicted molar refractivity (Wildman–Crippen MR) is 95.6 cm³/mol. The highest BCUT2D eigenvalue weighted by atomic mass is 16.1. The Hall–Kier alpha value is -2.15. The molecule has 0 aromatic carbocycles. The molecule has 0 saturated carbocycles. The number of nitrogens with zero attached hydrogens (tertiary/aromatic N) is 3. The lowest BCUT2D eigenvalue weighted by Gasteiger charge is -2.32. The van der Waals surface area contributed by atoms with Crippen molar-refractivity contribution in [3.8, 4) is 0 Å². The number of carbonyl (C=O) groups excluding carboxylic acids is 1. The molecule has 1 saturated heterocycles. The summed E-state index contributed by atoms with van der Waals surface area (Å²) in [7, 11) is 0. The number of aliphatic imine (C=N–C) groups is 1. The highest BCUT2D eigenvalue weighted by molar-refractivity contribution is 5.80. The van der Waals surface area contributed by atoms with E-state index in [1.807, 2.05) is 19.1 Å². The smallest absolute Gasteiger partial charge is 0.231 e. The van der Waals surface area contributed by atoms with Crippen LogP contribution in [0.3, 0.4) is 0 Å². The molecule has 0 aliphatic carbocycles. The molecule has 1 fully saturated rings. The van der Waals surface area contributed by atoms with Crippen LogP contribution in [-0.4, -0.2) is 54.0 Å². The van der Waals surface area contributed by atoms with Gasteiger partial charge in [-0.25, -0.2) is 4.99 Å². The average Bonchev–Trinajstić information content (AvgIpc) is 2.55. The first-order valence-electron chi connectivity index (χ1n) is 8.54. The van der Waals surface area contributed by atoms with Crippen LogP contribution in [0.25, 0.3) is 0 Å². The molecule has 0 bridgehead atoms. The third-order valence-corrected chi connectivity index (χ3v) is 4.16. The number of nitrogens with one attached hydrogen (secondary N) is 2. The fourth-order valence-corrected chi connectivity index (χ4v) is 2.81. The Morgan fingerprint density at radius 3 is 2.83 bits per heavy atom. The maximum absolute atomic E-state index is 11.0. The topological polar surface area (TPSA) is 95.6 Å². The van der Waals surface area contributed by atoms with Gasteiger partial charge in [-0.15, -0.1) is 0 Å². The van der Waals surface area contributed by atoms with E-state index in [0.29, 0.717) is 19.1 Å². The normalized spacial score (nSPS) is 16.8. The maximum Gasteiger partial charge on any atom is 0.231 e. The molecule has 2 heterocycles. The number of hydrogen-bond donors (Lipinski definition) is 3. The van der Waals surface area contributed by atoms with Crippen LogP contribution in [0.15, 0.2) is 23.3 Å². The second kappa shape index (κ2) is 9.22. The van der Waals surface area contributed by atoms with Gasteiger partial charge in [0.1, 0.15) is 0 Å². The van der Waals surface area contributed by atoms with Crippen LogP contribution in [0.1, 0.15) is 31.0 Å². The number of carbonyl (C=O) groups is 1. The van der Waals surface area contributed by atoms with E-state index in [1.165, 1.54) is 0 Å². The van der Waals surface area contributed by atoms with Crippen molar-refractivity contribution < 1.29 is 4.79 Å². The summed E-state index contributed by atoms with van der Waals surface area (Å²) in [6.45, 7) is 7.57. The third kappa shape index (κ3) is 5.81. The van der Waals surface area contributed by atoms with Crippen molar-refractivity contribution in [2.45, 2.75) is 39.3 Å². The van der Waals surface area contributed by atoms with Crippen molar-refractivity contribution in [3.05, 3.63) is 29.6 Å². The Kier molecular flexibility index (Phi) is 6.99. The van der Waals surface area contributed by atoms with Crippen LogP contribution in [0.2, 0.25) is 0 Å². The average molecular weight is 332 g/mol. The Morgan fingerprint density at radius 1 is 1.46 bits per heavy atom. The second-order valence-corrected chi connectivity index (χ2v) is 6.12. The molecule has 0 spiro atoms. The molecule has 7 heteroatoms. The van der Waals surface area contributed by atoms with Gasteiger partial charge in [-0.05, 0) is 38.3 Å². The van der Waals surface area contributed by atoms with Gasteiger partial charge in [-0.2, -0.15) is 0 Å². The van der Waals surface area contributed by atoms with Gasteiger partial charge in [0.15, 0.2) is 5.96 Å². The molecule has 4 N–H and O–H groups in total. The van der Waals surface area contributed by atoms with Gasteiger partial charge in [-0.1, -0.05) is 6.07 Å². The van der Waals surface area contributed by atoms with E-state index >= 15 is 0 Å². The molecule has 1 aliphatic heterocycles. The molecule has 0 radical (unpaired) electrons. The predicted octanol–water partition coefficient (Wildman–Crippen LogP) is 0.395. The van der Waals surface area contributed by atoms with Gasteiger partial charge in [0, 0.05) is 31.9 Å². The van der Waals surface area contributed by atoms with Gasteiger partial charge < -0.3 is 16.4 Å². The van der Waals surface area contributed by atoms with Crippen molar-refractivity contribution in [2.75, 3.05) is 26.2 Å². The third-order valence-electron chi connectivity index (χ3n) is 4.16. The molecular formula is C17H28N6O. The second-order valence-electron chi connectivity index (χ2n) is 6.12. The van der Waals surface area contributed by atoms with Crippen molar-refractivity contribution >= 4 is 11.9 Å². The largest absolute Gasteiger partial charge is 0.369 e. The Labute approximate surface area is 143 Å². The standard InChI is InChI=1S/C17H28N6O/c1-3-19-17(21-11-15-13(2)5-4-8-20-15)22-14-6-9-23(10-7-14)12-16(18)24/h4-5,8,14H,3,6-7,9-12H2,1-2H3,(H2,18,24)(H2,19,21,22). The van der Waals surface area contributed by atoms with E-state index in [1.54, 1.807) is 6.20 Å². The van der Waals surface area contributed by atoms with E-state index in [-0.39, 0.29) is 5.91 Å². The minimum absolute atomic E-state index is 0.262. The van der Waals surface area contributed by atoms with E-state index < -0.39 is 0 Å². The number of aromatic nitrogens is 1. The molecule has 24 heavy (non-hydrogen) atoms. The van der Waals surface area contributed by atoms with Gasteiger partial charge in [0.25, 0.3) is 0 Å². The number of piperidine rings is 1. The molecule has 0 atom stereocenters. The summed E-state index contributed by atoms with van der Waals surface area (Å²) in [6.07, 6.45) is 3.74. The molecule has 132 valence electrons. The number of guanidine groups is 1. The fourth-order valence-electron chi connectivity index (χ4n) is 2.81. The van der Waals surface area contributed by atoms with Crippen LogP contribution in [0, 0.1) is 6.92 Å². The molecule has 1 aliphatic rings. The fraction of sp³-hybridized carbons (Fsp3) is 0.588. The summed E-state index contributed by atoms with van der Waals surface area (Å²) >= 11 is 0. The van der Waals surface area contributed by atoms with Gasteiger partial charge in [0.05, 0.1) is 18.8 Å². The Bertz CT molecular complexity index is 566. The highest BCUT2D eigenvalue weighted by Crippen LogP contribution is 2.10. The summed E-state index contributed by atoms with van der Waals surface area (Å²) in [6, 6.07) is 4.34. The molecule has 7 nitrogen and oxygen atoms in total. The number of hydrogen-bond acceptors (Lipinski definition) is 4. The van der Waals surface area contributed by atoms with Crippen LogP contribution in [0.4, 0.5) is 0 Å². The first-order valence-corrected chi connectivity index (χ1v) is 8.54. The van der Waals surface area contributed by atoms with E-state index in [2.05, 4.69) is 32.4 Å². The van der Waals surface area contributed by atoms with Crippen molar-refractivity contribution in [3.63, 3.8) is 0 Å². The number of nitrogens with two attached hydrogens (primary N) is 1. The summed E-state index contributed by atoms with van der Waals surface area (Å²) in [4.78, 5) is 22.1. The van der Waals surface area contributed by atoms with E-state index in [4.69, 9.17) is 5.73 Å². The van der Waals surface area contributed by atoms with Gasteiger partial charge >= 0.3 is 0 Å². The Morgan fingerprint density at radius 2 is 2.21 bits per heavy atom. The number of pyridine rings is 1. The zero-order chi connectivity index (χ0) is 17.4. The van der Waals surface area contributed by atoms with Crippen LogP contribution in [-0.2, 0) is 11.3 Å². The summed E-state index contributed by atoms with van der Waals surface area (Å²) in [5.74, 6) is 0.554. The lowest BCUT2D eigenvalue weighted by atomic mass is 10.1. The number of primary amides is 1. The molecule has 0 unspecified atom stereocenters. The van der Waals surface area contributed by atoms with E-state index in [0.717, 1.165) is 49.7 Å². The first kappa shape index (κ1) is 18.2. The van der Waals surface area contributed by atoms with E-state index in [9.17, 15) is 4.79 Å². The van der Waals surface area contributed by atoms with Crippen LogP contribution < -0.4 is 16.4 Å². The van der Waals surface area contributed by atoms with Gasteiger partial charge in [0.2, 0.25) is 5.91 Å². The highest BCUT2D eigenvalue weighted by Gasteiger charge is 2.20. The SMILES string of the molecule is CCNC(=NCc1ncccc1C)NC1CCN(CC(N)=O)CC1. The molecule has 1 aromatic rings. The van der Waals surface area contributed by atoms with Crippen LogP contribution >= 0.6 is 0 Å². The van der Waals surface area contributed by atoms with Crippen molar-refractivity contribution in [2.24, 2.45) is 10.7 Å². The minimum Gasteiger partial charge on any atom is -0.369 e. The van der Waals surface area contributed by atoms with Crippen molar-refractivity contribution in [1.82, 2.24) is 20.5 Å². The van der Waals surface area contributed by atoms with Gasteiger partial charge in [-0.3, -0.25) is 14.7 Å². The lowest BCUT2D eigenvalue weighted by molar-refractivity contribution is -0.119. The number of likely N-dealkylation sites (tertiary alicyclic amines) is 1. The summed E-state index contributed by atoms with van der Waals surface area (Å²) in [5, 5.41) is 6.78. The monoisotopic (exact) mass is 332 g/mol. The van der Waals surface area contributed by atoms with Crippen LogP contribution in [0.5, 0.6) is 0 Å². The number of amides is 1. The molecule has 1 aromatic heterocycles. The van der Waals surface area contributed by atoms with Crippen molar-refractivity contribution in [1.29, 1.82) is 0 Å². The Balaban J connectivity index is 1.88. The molecular weight excluding hydrogens is 304 g/mol. The maximum atomic E-state index is 11.0. The number of aryl methyl sites for hydroxylation is 1. The lowest BCUT2D eigenvalue weighted by Crippen LogP contribution is -2.49. The quantitative estimate of drug-likeness (QED) is 0.517. The zero-order valence-corrected chi connectivity index (χ0v) is 14.6. The summed E-state index contributed by atoms with van der Waals surface area (Å²) in [5.41, 5.74) is 7.40. The molecule has 2 rings (SSSR count). The first-order chi connectivity index (χ1) is 11.6. The number of rotatable bonds is 6. The molecule has 1 amide bonds. The summed E-state index contributed by atoms with van der Waals surface area (Å²) < 4.78 is 0.